The highest BCUT2D eigenvalue weighted by Crippen LogP contribution is 2.38. The molecule has 136 valence electrons. The summed E-state index contributed by atoms with van der Waals surface area (Å²) in [7, 11) is -3.28. The Bertz CT molecular complexity index is 822. The van der Waals surface area contributed by atoms with E-state index in [2.05, 4.69) is 0 Å². The summed E-state index contributed by atoms with van der Waals surface area (Å²) < 4.78 is 60.6. The number of sulfone groups is 1. The molecule has 2 atom stereocenters. The molecule has 6 nitrogen and oxygen atoms in total. The van der Waals surface area contributed by atoms with Crippen molar-refractivity contribution in [2.24, 2.45) is 5.92 Å². The molecular weight excluding hydrogens is 361 g/mol. The van der Waals surface area contributed by atoms with Crippen LogP contribution in [0, 0.1) is 5.92 Å². The van der Waals surface area contributed by atoms with Crippen LogP contribution in [-0.2, 0) is 14.6 Å². The van der Waals surface area contributed by atoms with Gasteiger partial charge >= 0.3 is 6.18 Å². The Hall–Kier alpha value is -2.10. The molecule has 0 bridgehead atoms. The molecule has 10 heteroatoms. The van der Waals surface area contributed by atoms with E-state index in [1.54, 1.807) is 11.4 Å². The third-order valence-electron chi connectivity index (χ3n) is 4.33. The number of nitrogens with zero attached hydrogens (tertiary/aromatic N) is 1. The molecule has 0 radical (unpaired) electrons. The molecule has 1 N–H and O–H groups in total. The number of amides is 2. The third kappa shape index (κ3) is 3.63. The van der Waals surface area contributed by atoms with Gasteiger partial charge in [0.15, 0.2) is 9.84 Å². The number of rotatable bonds is 3. The zero-order chi connectivity index (χ0) is 18.4. The number of carbonyl (C=O) groups excluding carboxylic acids is 2. The molecular formula is C15H15F3N2O4S. The van der Waals surface area contributed by atoms with E-state index in [4.69, 9.17) is 0 Å². The molecule has 2 heterocycles. The monoisotopic (exact) mass is 376 g/mol. The summed E-state index contributed by atoms with van der Waals surface area (Å²) in [6.07, 6.45) is -4.51. The van der Waals surface area contributed by atoms with Gasteiger partial charge in [0.25, 0.3) is 5.91 Å². The summed E-state index contributed by atoms with van der Waals surface area (Å²) in [5, 5.41) is 1.77. The smallest absolute Gasteiger partial charge is 0.343 e. The summed E-state index contributed by atoms with van der Waals surface area (Å²) in [6, 6.07) is 5.17. The van der Waals surface area contributed by atoms with Gasteiger partial charge in [0.1, 0.15) is 6.54 Å². The molecule has 1 aromatic rings. The minimum Gasteiger partial charge on any atom is -0.343 e. The minimum absolute atomic E-state index is 0.0440. The first-order valence-corrected chi connectivity index (χ1v) is 9.36. The topological polar surface area (TPSA) is 83.6 Å². The summed E-state index contributed by atoms with van der Waals surface area (Å²) in [4.78, 5) is 25.7. The van der Waals surface area contributed by atoms with Gasteiger partial charge in [0.2, 0.25) is 5.91 Å². The Labute approximate surface area is 141 Å². The van der Waals surface area contributed by atoms with Gasteiger partial charge in [-0.2, -0.15) is 13.2 Å². The Morgan fingerprint density at radius 3 is 2.60 bits per heavy atom. The quantitative estimate of drug-likeness (QED) is 0.857. The molecule has 2 fully saturated rings. The Balaban J connectivity index is 1.90. The number of anilines is 1. The van der Waals surface area contributed by atoms with Crippen LogP contribution in [0.1, 0.15) is 16.8 Å². The second-order valence-electron chi connectivity index (χ2n) is 6.19. The number of carbonyl (C=O) groups is 2. The van der Waals surface area contributed by atoms with Crippen LogP contribution < -0.4 is 10.2 Å². The molecule has 25 heavy (non-hydrogen) atoms. The van der Waals surface area contributed by atoms with Gasteiger partial charge in [0, 0.05) is 12.3 Å². The van der Waals surface area contributed by atoms with E-state index in [1.807, 2.05) is 0 Å². The average Bonchev–Trinajstić information content (AvgIpc) is 2.94. The van der Waals surface area contributed by atoms with E-state index < -0.39 is 34.5 Å². The number of nitrogens with one attached hydrogen (secondary N) is 1. The van der Waals surface area contributed by atoms with Crippen LogP contribution in [0.25, 0.3) is 0 Å². The molecule has 2 unspecified atom stereocenters. The van der Waals surface area contributed by atoms with Gasteiger partial charge in [-0.25, -0.2) is 8.42 Å². The van der Waals surface area contributed by atoms with Crippen molar-refractivity contribution in [2.75, 3.05) is 23.0 Å². The standard InChI is InChI=1S/C15H15F3N2O4S/c16-15(17,18)8-19-14(22)10-3-1-2-4-11(10)20-12-7-25(23,24)6-9(12)5-13(20)21/h1-4,9,12H,5-8H2,(H,19,22). The van der Waals surface area contributed by atoms with Crippen molar-refractivity contribution < 1.29 is 31.2 Å². The van der Waals surface area contributed by atoms with Crippen molar-refractivity contribution in [2.45, 2.75) is 18.6 Å². The SMILES string of the molecule is O=C(NCC(F)(F)F)c1ccccc1N1C(=O)CC2CS(=O)(=O)CC21. The van der Waals surface area contributed by atoms with Crippen LogP contribution in [0.5, 0.6) is 0 Å². The van der Waals surface area contributed by atoms with Crippen molar-refractivity contribution in [1.82, 2.24) is 5.32 Å². The van der Waals surface area contributed by atoms with Crippen molar-refractivity contribution in [3.05, 3.63) is 29.8 Å². The maximum absolute atomic E-state index is 12.3. The first kappa shape index (κ1) is 17.7. The predicted molar refractivity (Wildman–Crippen MR) is 82.9 cm³/mol. The Morgan fingerprint density at radius 1 is 1.24 bits per heavy atom. The molecule has 2 saturated heterocycles. The van der Waals surface area contributed by atoms with Crippen molar-refractivity contribution in [3.63, 3.8) is 0 Å². The van der Waals surface area contributed by atoms with E-state index in [0.29, 0.717) is 0 Å². The first-order chi connectivity index (χ1) is 11.6. The van der Waals surface area contributed by atoms with Crippen molar-refractivity contribution in [1.29, 1.82) is 0 Å². The summed E-state index contributed by atoms with van der Waals surface area (Å²) in [5.74, 6) is -1.96. The van der Waals surface area contributed by atoms with Gasteiger partial charge in [-0.05, 0) is 12.1 Å². The number of benzene rings is 1. The second kappa shape index (κ2) is 6.01. The average molecular weight is 376 g/mol. The molecule has 2 amide bonds. The molecule has 0 aromatic heterocycles. The number of para-hydroxylation sites is 1. The molecule has 3 rings (SSSR count). The van der Waals surface area contributed by atoms with Crippen LogP contribution >= 0.6 is 0 Å². The number of fused-ring (bicyclic) bond motifs is 1. The van der Waals surface area contributed by atoms with Crippen molar-refractivity contribution >= 4 is 27.3 Å². The number of hydrogen-bond acceptors (Lipinski definition) is 4. The molecule has 0 aliphatic carbocycles. The predicted octanol–water partition coefficient (Wildman–Crippen LogP) is 1.13. The highest BCUT2D eigenvalue weighted by molar-refractivity contribution is 7.91. The van der Waals surface area contributed by atoms with Crippen LogP contribution in [0.2, 0.25) is 0 Å². The highest BCUT2D eigenvalue weighted by atomic mass is 32.2. The third-order valence-corrected chi connectivity index (χ3v) is 6.12. The summed E-state index contributed by atoms with van der Waals surface area (Å²) in [6.45, 7) is -1.49. The van der Waals surface area contributed by atoms with Crippen LogP contribution in [0.4, 0.5) is 18.9 Å². The number of halogens is 3. The zero-order valence-corrected chi connectivity index (χ0v) is 13.7. The van der Waals surface area contributed by atoms with Gasteiger partial charge in [-0.1, -0.05) is 12.1 Å². The van der Waals surface area contributed by atoms with Gasteiger partial charge < -0.3 is 10.2 Å². The summed E-state index contributed by atoms with van der Waals surface area (Å²) in [5.41, 5.74) is 0.0434. The van der Waals surface area contributed by atoms with E-state index in [9.17, 15) is 31.2 Å². The van der Waals surface area contributed by atoms with Crippen LogP contribution in [0.15, 0.2) is 24.3 Å². The molecule has 1 aromatic carbocycles. The largest absolute Gasteiger partial charge is 0.405 e. The number of alkyl halides is 3. The normalized spacial score (nSPS) is 25.1. The molecule has 0 saturated carbocycles. The molecule has 2 aliphatic rings. The van der Waals surface area contributed by atoms with Crippen molar-refractivity contribution in [3.8, 4) is 0 Å². The van der Waals surface area contributed by atoms with E-state index in [-0.39, 0.29) is 41.0 Å². The fourth-order valence-corrected chi connectivity index (χ4v) is 5.42. The lowest BCUT2D eigenvalue weighted by Gasteiger charge is -2.25. The summed E-state index contributed by atoms with van der Waals surface area (Å²) >= 11 is 0. The van der Waals surface area contributed by atoms with Crippen LogP contribution in [-0.4, -0.2) is 50.5 Å². The maximum Gasteiger partial charge on any atom is 0.405 e. The fourth-order valence-electron chi connectivity index (χ4n) is 3.35. The van der Waals surface area contributed by atoms with Crippen LogP contribution in [0.3, 0.4) is 0 Å². The van der Waals surface area contributed by atoms with E-state index >= 15 is 0 Å². The minimum atomic E-state index is -4.56. The van der Waals surface area contributed by atoms with Gasteiger partial charge in [-0.15, -0.1) is 0 Å². The lowest BCUT2D eigenvalue weighted by Crippen LogP contribution is -2.39. The Kier molecular flexibility index (Phi) is 4.26. The van der Waals surface area contributed by atoms with Gasteiger partial charge in [0.05, 0.1) is 28.8 Å². The van der Waals surface area contributed by atoms with E-state index in [0.717, 1.165) is 0 Å². The first-order valence-electron chi connectivity index (χ1n) is 7.54. The van der Waals surface area contributed by atoms with Gasteiger partial charge in [-0.3, -0.25) is 9.59 Å². The number of hydrogen-bond donors (Lipinski definition) is 1. The highest BCUT2D eigenvalue weighted by Gasteiger charge is 2.49. The Morgan fingerprint density at radius 2 is 1.92 bits per heavy atom. The lowest BCUT2D eigenvalue weighted by atomic mass is 10.0. The molecule has 0 spiro atoms. The fraction of sp³-hybridized carbons (Fsp3) is 0.467. The lowest BCUT2D eigenvalue weighted by molar-refractivity contribution is -0.123. The zero-order valence-electron chi connectivity index (χ0n) is 12.9. The van der Waals surface area contributed by atoms with E-state index in [1.165, 1.54) is 23.1 Å². The maximum atomic E-state index is 12.3. The second-order valence-corrected chi connectivity index (χ2v) is 8.34. The molecule has 2 aliphatic heterocycles.